The molecule has 0 aliphatic heterocycles. The van der Waals surface area contributed by atoms with Gasteiger partial charge in [0.15, 0.2) is 0 Å². The van der Waals surface area contributed by atoms with Crippen molar-refractivity contribution < 1.29 is 13.2 Å². The molecule has 1 heterocycles. The molecule has 2 aromatic rings. The molecule has 1 aromatic carbocycles. The van der Waals surface area contributed by atoms with E-state index in [1.54, 1.807) is 12.1 Å². The Labute approximate surface area is 100 Å². The van der Waals surface area contributed by atoms with Crippen LogP contribution in [0.15, 0.2) is 30.3 Å². The molecule has 0 spiro atoms. The number of hydrogen-bond donors (Lipinski definition) is 1. The highest BCUT2D eigenvalue weighted by Gasteiger charge is 2.30. The van der Waals surface area contributed by atoms with Crippen molar-refractivity contribution >= 4 is 11.5 Å². The van der Waals surface area contributed by atoms with Crippen molar-refractivity contribution in [1.82, 2.24) is 4.37 Å². The molecule has 0 aliphatic rings. The van der Waals surface area contributed by atoms with Crippen LogP contribution in [0.4, 0.5) is 13.2 Å². The average molecular weight is 258 g/mol. The second-order valence-electron chi connectivity index (χ2n) is 3.46. The maximum atomic E-state index is 12.5. The quantitative estimate of drug-likeness (QED) is 0.897. The van der Waals surface area contributed by atoms with Crippen LogP contribution >= 0.6 is 11.5 Å². The molecule has 2 N–H and O–H groups in total. The second kappa shape index (κ2) is 4.46. The van der Waals surface area contributed by atoms with Gasteiger partial charge in [-0.1, -0.05) is 12.1 Å². The maximum Gasteiger partial charge on any atom is 0.416 e. The number of benzene rings is 1. The lowest BCUT2D eigenvalue weighted by Gasteiger charge is -2.07. The van der Waals surface area contributed by atoms with Gasteiger partial charge in [0.1, 0.15) is 0 Å². The highest BCUT2D eigenvalue weighted by atomic mass is 32.1. The van der Waals surface area contributed by atoms with Crippen LogP contribution in [-0.4, -0.2) is 4.37 Å². The number of hydrogen-bond acceptors (Lipinski definition) is 3. The van der Waals surface area contributed by atoms with E-state index in [4.69, 9.17) is 5.73 Å². The number of rotatable bonds is 2. The molecule has 0 aliphatic carbocycles. The van der Waals surface area contributed by atoms with Gasteiger partial charge in [0, 0.05) is 17.0 Å². The van der Waals surface area contributed by atoms with Gasteiger partial charge in [-0.25, -0.2) is 0 Å². The van der Waals surface area contributed by atoms with Crippen LogP contribution in [0.2, 0.25) is 0 Å². The van der Waals surface area contributed by atoms with Crippen LogP contribution in [0.1, 0.15) is 10.4 Å². The minimum Gasteiger partial charge on any atom is -0.326 e. The van der Waals surface area contributed by atoms with Crippen molar-refractivity contribution in [2.24, 2.45) is 5.73 Å². The van der Waals surface area contributed by atoms with E-state index in [1.807, 2.05) is 0 Å². The Hall–Kier alpha value is -1.40. The van der Waals surface area contributed by atoms with Crippen molar-refractivity contribution in [3.05, 3.63) is 40.8 Å². The molecule has 2 rings (SSSR count). The summed E-state index contributed by atoms with van der Waals surface area (Å²) in [5.74, 6) is 0. The summed E-state index contributed by atoms with van der Waals surface area (Å²) in [6.45, 7) is 0.344. The second-order valence-corrected chi connectivity index (χ2v) is 4.35. The summed E-state index contributed by atoms with van der Waals surface area (Å²) in [6, 6.07) is 6.82. The zero-order valence-corrected chi connectivity index (χ0v) is 9.48. The third-order valence-corrected chi connectivity index (χ3v) is 3.05. The molecule has 0 unspecified atom stereocenters. The fraction of sp³-hybridized carbons (Fsp3) is 0.182. The third kappa shape index (κ3) is 2.65. The molecular weight excluding hydrogens is 249 g/mol. The first-order valence-corrected chi connectivity index (χ1v) is 5.61. The van der Waals surface area contributed by atoms with Crippen LogP contribution in [0, 0.1) is 0 Å². The lowest BCUT2D eigenvalue weighted by atomic mass is 10.1. The van der Waals surface area contributed by atoms with E-state index in [0.717, 1.165) is 17.0 Å². The highest BCUT2D eigenvalue weighted by molar-refractivity contribution is 7.06. The first kappa shape index (κ1) is 12.1. The van der Waals surface area contributed by atoms with E-state index < -0.39 is 11.7 Å². The Bertz CT molecular complexity index is 519. The summed E-state index contributed by atoms with van der Waals surface area (Å²) in [7, 11) is 0. The molecule has 0 fully saturated rings. The topological polar surface area (TPSA) is 38.9 Å². The summed E-state index contributed by atoms with van der Waals surface area (Å²) in [5, 5.41) is 0. The van der Waals surface area contributed by atoms with Gasteiger partial charge in [-0.3, -0.25) is 0 Å². The van der Waals surface area contributed by atoms with E-state index in [-0.39, 0.29) is 0 Å². The van der Waals surface area contributed by atoms with Crippen molar-refractivity contribution in [1.29, 1.82) is 0 Å². The number of nitrogens with two attached hydrogens (primary N) is 1. The smallest absolute Gasteiger partial charge is 0.326 e. The van der Waals surface area contributed by atoms with Crippen LogP contribution in [-0.2, 0) is 12.7 Å². The molecule has 6 heteroatoms. The largest absolute Gasteiger partial charge is 0.416 e. The Morgan fingerprint density at radius 2 is 2.00 bits per heavy atom. The molecule has 0 saturated heterocycles. The van der Waals surface area contributed by atoms with Crippen LogP contribution in [0.3, 0.4) is 0 Å². The lowest BCUT2D eigenvalue weighted by molar-refractivity contribution is -0.137. The number of alkyl halides is 3. The first-order chi connectivity index (χ1) is 8.00. The van der Waals surface area contributed by atoms with Gasteiger partial charge < -0.3 is 5.73 Å². The van der Waals surface area contributed by atoms with Gasteiger partial charge >= 0.3 is 6.18 Å². The Kier molecular flexibility index (Phi) is 3.17. The maximum absolute atomic E-state index is 12.5. The Morgan fingerprint density at radius 1 is 1.24 bits per heavy atom. The SMILES string of the molecule is NCc1cc(-c2cccc(C(F)(F)F)c2)ns1. The van der Waals surface area contributed by atoms with Crippen molar-refractivity contribution in [3.63, 3.8) is 0 Å². The molecule has 0 bridgehead atoms. The van der Waals surface area contributed by atoms with Gasteiger partial charge in [-0.2, -0.15) is 17.5 Å². The van der Waals surface area contributed by atoms with Crippen LogP contribution in [0.5, 0.6) is 0 Å². The number of nitrogens with zero attached hydrogens (tertiary/aromatic N) is 1. The molecule has 17 heavy (non-hydrogen) atoms. The zero-order valence-electron chi connectivity index (χ0n) is 8.66. The molecule has 90 valence electrons. The van der Waals surface area contributed by atoms with E-state index in [0.29, 0.717) is 17.8 Å². The Balaban J connectivity index is 2.39. The predicted molar refractivity (Wildman–Crippen MR) is 60.4 cm³/mol. The summed E-state index contributed by atoms with van der Waals surface area (Å²) >= 11 is 1.20. The fourth-order valence-corrected chi connectivity index (χ4v) is 2.01. The third-order valence-electron chi connectivity index (χ3n) is 2.25. The van der Waals surface area contributed by atoms with Gasteiger partial charge in [0.05, 0.1) is 11.3 Å². The standard InChI is InChI=1S/C11H9F3N2S/c12-11(13,14)8-3-1-2-7(4-8)10-5-9(6-15)17-16-10/h1-5H,6,15H2. The van der Waals surface area contributed by atoms with Gasteiger partial charge in [-0.05, 0) is 29.7 Å². The molecule has 1 aromatic heterocycles. The molecule has 0 atom stereocenters. The molecule has 2 nitrogen and oxygen atoms in total. The number of aromatic nitrogens is 1. The summed E-state index contributed by atoms with van der Waals surface area (Å²) < 4.78 is 41.6. The molecule has 0 radical (unpaired) electrons. The molecule has 0 amide bonds. The van der Waals surface area contributed by atoms with E-state index in [2.05, 4.69) is 4.37 Å². The average Bonchev–Trinajstić information content (AvgIpc) is 2.76. The fourth-order valence-electron chi connectivity index (χ4n) is 1.40. The zero-order chi connectivity index (χ0) is 12.5. The predicted octanol–water partition coefficient (Wildman–Crippen LogP) is 3.29. The van der Waals surface area contributed by atoms with Crippen molar-refractivity contribution in [3.8, 4) is 11.3 Å². The van der Waals surface area contributed by atoms with E-state index >= 15 is 0 Å². The highest BCUT2D eigenvalue weighted by Crippen LogP contribution is 2.32. The van der Waals surface area contributed by atoms with Gasteiger partial charge in [-0.15, -0.1) is 0 Å². The van der Waals surface area contributed by atoms with Crippen LogP contribution in [0.25, 0.3) is 11.3 Å². The molecule has 0 saturated carbocycles. The van der Waals surface area contributed by atoms with Crippen molar-refractivity contribution in [2.75, 3.05) is 0 Å². The molecular formula is C11H9F3N2S. The number of halogens is 3. The summed E-state index contributed by atoms with van der Waals surface area (Å²) in [5.41, 5.74) is 5.75. The lowest BCUT2D eigenvalue weighted by Crippen LogP contribution is -2.04. The first-order valence-electron chi connectivity index (χ1n) is 4.84. The van der Waals surface area contributed by atoms with Crippen molar-refractivity contribution in [2.45, 2.75) is 12.7 Å². The van der Waals surface area contributed by atoms with E-state index in [9.17, 15) is 13.2 Å². The minimum absolute atomic E-state index is 0.344. The monoisotopic (exact) mass is 258 g/mol. The van der Waals surface area contributed by atoms with Gasteiger partial charge in [0.25, 0.3) is 0 Å². The summed E-state index contributed by atoms with van der Waals surface area (Å²) in [4.78, 5) is 0.845. The normalized spacial score (nSPS) is 11.8. The van der Waals surface area contributed by atoms with E-state index in [1.165, 1.54) is 17.6 Å². The summed E-state index contributed by atoms with van der Waals surface area (Å²) in [6.07, 6.45) is -4.33. The Morgan fingerprint density at radius 3 is 2.59 bits per heavy atom. The van der Waals surface area contributed by atoms with Crippen LogP contribution < -0.4 is 5.73 Å². The minimum atomic E-state index is -4.33. The van der Waals surface area contributed by atoms with Gasteiger partial charge in [0.2, 0.25) is 0 Å².